The molecule has 1 aliphatic heterocycles. The van der Waals surface area contributed by atoms with Crippen LogP contribution < -0.4 is 10.6 Å². The number of aromatic nitrogens is 1. The number of amides is 1. The van der Waals surface area contributed by atoms with E-state index in [0.29, 0.717) is 12.5 Å². The predicted molar refractivity (Wildman–Crippen MR) is 83.5 cm³/mol. The molecule has 1 aromatic rings. The molecule has 1 aliphatic rings. The SMILES string of the molecule is Cc1cnc(C(C)NC(=O)CC2CCCN2)s1.Cl.Cl. The Bertz CT molecular complexity index is 394. The minimum atomic E-state index is 0. The van der Waals surface area contributed by atoms with E-state index >= 15 is 0 Å². The van der Waals surface area contributed by atoms with Gasteiger partial charge in [0, 0.05) is 23.5 Å². The molecule has 2 heterocycles. The van der Waals surface area contributed by atoms with E-state index in [-0.39, 0.29) is 36.8 Å². The monoisotopic (exact) mass is 325 g/mol. The molecule has 19 heavy (non-hydrogen) atoms. The smallest absolute Gasteiger partial charge is 0.222 e. The molecule has 1 fully saturated rings. The van der Waals surface area contributed by atoms with Crippen LogP contribution in [-0.2, 0) is 4.79 Å². The van der Waals surface area contributed by atoms with Crippen molar-refractivity contribution in [2.75, 3.05) is 6.54 Å². The number of halogens is 2. The van der Waals surface area contributed by atoms with Crippen molar-refractivity contribution in [1.82, 2.24) is 15.6 Å². The third kappa shape index (κ3) is 5.65. The lowest BCUT2D eigenvalue weighted by Crippen LogP contribution is -2.33. The van der Waals surface area contributed by atoms with Crippen molar-refractivity contribution in [2.24, 2.45) is 0 Å². The van der Waals surface area contributed by atoms with Gasteiger partial charge in [0.2, 0.25) is 5.91 Å². The predicted octanol–water partition coefficient (Wildman–Crippen LogP) is 2.61. The second kappa shape index (κ2) is 8.74. The minimum Gasteiger partial charge on any atom is -0.347 e. The van der Waals surface area contributed by atoms with E-state index in [0.717, 1.165) is 18.0 Å². The first-order valence-corrected chi connectivity index (χ1v) is 6.92. The van der Waals surface area contributed by atoms with E-state index in [1.165, 1.54) is 11.3 Å². The van der Waals surface area contributed by atoms with Crippen molar-refractivity contribution in [3.8, 4) is 0 Å². The number of nitrogens with zero attached hydrogens (tertiary/aromatic N) is 1. The van der Waals surface area contributed by atoms with Gasteiger partial charge in [0.05, 0.1) is 6.04 Å². The van der Waals surface area contributed by atoms with E-state index in [1.807, 2.05) is 20.0 Å². The number of aryl methyl sites for hydroxylation is 1. The summed E-state index contributed by atoms with van der Waals surface area (Å²) in [5, 5.41) is 7.32. The number of rotatable bonds is 4. The summed E-state index contributed by atoms with van der Waals surface area (Å²) in [6.45, 7) is 5.05. The second-order valence-electron chi connectivity index (χ2n) is 4.60. The molecule has 7 heteroatoms. The molecule has 110 valence electrons. The van der Waals surface area contributed by atoms with Crippen LogP contribution in [0.1, 0.15) is 42.1 Å². The van der Waals surface area contributed by atoms with E-state index in [2.05, 4.69) is 15.6 Å². The van der Waals surface area contributed by atoms with Gasteiger partial charge in [-0.15, -0.1) is 36.2 Å². The molecule has 0 bridgehead atoms. The first-order valence-electron chi connectivity index (χ1n) is 6.10. The number of carbonyl (C=O) groups is 1. The lowest BCUT2D eigenvalue weighted by molar-refractivity contribution is -0.122. The Morgan fingerprint density at radius 3 is 2.89 bits per heavy atom. The third-order valence-electron chi connectivity index (χ3n) is 2.98. The van der Waals surface area contributed by atoms with Crippen molar-refractivity contribution in [1.29, 1.82) is 0 Å². The molecule has 2 rings (SSSR count). The molecule has 4 nitrogen and oxygen atoms in total. The number of nitrogens with one attached hydrogen (secondary N) is 2. The Balaban J connectivity index is 0.00000162. The Morgan fingerprint density at radius 2 is 2.37 bits per heavy atom. The summed E-state index contributed by atoms with van der Waals surface area (Å²) < 4.78 is 0. The van der Waals surface area contributed by atoms with Gasteiger partial charge in [0.1, 0.15) is 5.01 Å². The Kier molecular flexibility index (Phi) is 8.57. The van der Waals surface area contributed by atoms with E-state index in [4.69, 9.17) is 0 Å². The molecule has 2 atom stereocenters. The molecule has 0 aliphatic carbocycles. The summed E-state index contributed by atoms with van der Waals surface area (Å²) in [6.07, 6.45) is 4.72. The fraction of sp³-hybridized carbons (Fsp3) is 0.667. The lowest BCUT2D eigenvalue weighted by atomic mass is 10.1. The minimum absolute atomic E-state index is 0. The van der Waals surface area contributed by atoms with Crippen molar-refractivity contribution in [3.63, 3.8) is 0 Å². The summed E-state index contributed by atoms with van der Waals surface area (Å²) in [4.78, 5) is 17.3. The molecule has 2 N–H and O–H groups in total. The Hall–Kier alpha value is -0.360. The van der Waals surface area contributed by atoms with Gasteiger partial charge in [-0.2, -0.15) is 0 Å². The molecular weight excluding hydrogens is 305 g/mol. The van der Waals surface area contributed by atoms with Crippen LogP contribution in [0.5, 0.6) is 0 Å². The first kappa shape index (κ1) is 18.6. The zero-order valence-electron chi connectivity index (χ0n) is 11.1. The lowest BCUT2D eigenvalue weighted by Gasteiger charge is -2.14. The first-order chi connectivity index (χ1) is 8.15. The highest BCUT2D eigenvalue weighted by Crippen LogP contribution is 2.19. The van der Waals surface area contributed by atoms with Crippen molar-refractivity contribution >= 4 is 42.1 Å². The van der Waals surface area contributed by atoms with Gasteiger partial charge in [-0.05, 0) is 33.2 Å². The highest BCUT2D eigenvalue weighted by Gasteiger charge is 2.19. The topological polar surface area (TPSA) is 54.0 Å². The van der Waals surface area contributed by atoms with Gasteiger partial charge in [-0.25, -0.2) is 4.98 Å². The fourth-order valence-electron chi connectivity index (χ4n) is 2.09. The number of thiazole rings is 1. The fourth-order valence-corrected chi connectivity index (χ4v) is 2.87. The van der Waals surface area contributed by atoms with Gasteiger partial charge in [0.25, 0.3) is 0 Å². The quantitative estimate of drug-likeness (QED) is 0.894. The normalized spacial score (nSPS) is 19.2. The summed E-state index contributed by atoms with van der Waals surface area (Å²) >= 11 is 1.64. The van der Waals surface area contributed by atoms with Crippen LogP contribution in [0.2, 0.25) is 0 Å². The molecule has 0 radical (unpaired) electrons. The van der Waals surface area contributed by atoms with Crippen LogP contribution >= 0.6 is 36.2 Å². The summed E-state index contributed by atoms with van der Waals surface area (Å²) in [7, 11) is 0. The number of hydrogen-bond donors (Lipinski definition) is 2. The van der Waals surface area contributed by atoms with Crippen molar-refractivity contribution in [3.05, 3.63) is 16.1 Å². The van der Waals surface area contributed by atoms with Crippen LogP contribution in [0.25, 0.3) is 0 Å². The summed E-state index contributed by atoms with van der Waals surface area (Å²) in [5.74, 6) is 0.116. The van der Waals surface area contributed by atoms with E-state index in [1.54, 1.807) is 11.3 Å². The molecular formula is C12H21Cl2N3OS. The maximum Gasteiger partial charge on any atom is 0.222 e. The molecule has 0 aromatic carbocycles. The van der Waals surface area contributed by atoms with Crippen LogP contribution in [-0.4, -0.2) is 23.5 Å². The summed E-state index contributed by atoms with van der Waals surface area (Å²) in [6, 6.07) is 0.378. The Morgan fingerprint density at radius 1 is 1.63 bits per heavy atom. The molecule has 1 amide bonds. The van der Waals surface area contributed by atoms with E-state index < -0.39 is 0 Å². The Labute approximate surface area is 130 Å². The van der Waals surface area contributed by atoms with Gasteiger partial charge in [-0.3, -0.25) is 4.79 Å². The highest BCUT2D eigenvalue weighted by molar-refractivity contribution is 7.11. The highest BCUT2D eigenvalue weighted by atomic mass is 35.5. The van der Waals surface area contributed by atoms with Crippen LogP contribution in [0.3, 0.4) is 0 Å². The standard InChI is InChI=1S/C12H19N3OS.2ClH/c1-8-7-14-12(17-8)9(2)15-11(16)6-10-4-3-5-13-10;;/h7,9-10,13H,3-6H2,1-2H3,(H,15,16);2*1H. The molecule has 0 spiro atoms. The molecule has 1 saturated heterocycles. The maximum absolute atomic E-state index is 11.8. The largest absolute Gasteiger partial charge is 0.347 e. The average molecular weight is 326 g/mol. The second-order valence-corrected chi connectivity index (χ2v) is 5.86. The van der Waals surface area contributed by atoms with Crippen molar-refractivity contribution < 1.29 is 4.79 Å². The van der Waals surface area contributed by atoms with Crippen LogP contribution in [0.4, 0.5) is 0 Å². The maximum atomic E-state index is 11.8. The van der Waals surface area contributed by atoms with Gasteiger partial charge < -0.3 is 10.6 Å². The average Bonchev–Trinajstić information content (AvgIpc) is 2.89. The van der Waals surface area contributed by atoms with Gasteiger partial charge in [-0.1, -0.05) is 0 Å². The van der Waals surface area contributed by atoms with Crippen LogP contribution in [0, 0.1) is 6.92 Å². The molecule has 2 unspecified atom stereocenters. The van der Waals surface area contributed by atoms with E-state index in [9.17, 15) is 4.79 Å². The summed E-state index contributed by atoms with van der Waals surface area (Å²) in [5.41, 5.74) is 0. The van der Waals surface area contributed by atoms with Crippen LogP contribution in [0.15, 0.2) is 6.20 Å². The van der Waals surface area contributed by atoms with Gasteiger partial charge in [0.15, 0.2) is 0 Å². The zero-order valence-corrected chi connectivity index (χ0v) is 13.6. The third-order valence-corrected chi connectivity index (χ3v) is 4.08. The van der Waals surface area contributed by atoms with Crippen molar-refractivity contribution in [2.45, 2.75) is 45.2 Å². The zero-order chi connectivity index (χ0) is 12.3. The van der Waals surface area contributed by atoms with Gasteiger partial charge >= 0.3 is 0 Å². The number of carbonyl (C=O) groups excluding carboxylic acids is 1. The molecule has 1 aromatic heterocycles. The molecule has 0 saturated carbocycles. The number of hydrogen-bond acceptors (Lipinski definition) is 4.